The molecule has 2 rings (SSSR count). The highest BCUT2D eigenvalue weighted by molar-refractivity contribution is 8.13. The summed E-state index contributed by atoms with van der Waals surface area (Å²) in [4.78, 5) is 0.0934. The van der Waals surface area contributed by atoms with Crippen LogP contribution in [-0.4, -0.2) is 15.2 Å². The third-order valence-electron chi connectivity index (χ3n) is 2.20. The molecule has 1 aromatic rings. The van der Waals surface area contributed by atoms with Gasteiger partial charge in [0.25, 0.3) is 9.05 Å². The van der Waals surface area contributed by atoms with Gasteiger partial charge in [0, 0.05) is 16.7 Å². The molecule has 15 heavy (non-hydrogen) atoms. The molecule has 0 fully saturated rings. The quantitative estimate of drug-likeness (QED) is 0.751. The second-order valence-electron chi connectivity index (χ2n) is 3.10. The maximum absolute atomic E-state index is 11.3. The van der Waals surface area contributed by atoms with Gasteiger partial charge < -0.3 is 9.47 Å². The maximum atomic E-state index is 11.3. The molecule has 1 aromatic carbocycles. The molecule has 0 bridgehead atoms. The van der Waals surface area contributed by atoms with Crippen molar-refractivity contribution in [1.29, 1.82) is 0 Å². The van der Waals surface area contributed by atoms with Crippen molar-refractivity contribution in [1.82, 2.24) is 0 Å². The minimum Gasteiger partial charge on any atom is -0.454 e. The first-order valence-electron chi connectivity index (χ1n) is 4.39. The molecular formula is C9H9ClO4S. The Morgan fingerprint density at radius 3 is 2.47 bits per heavy atom. The lowest BCUT2D eigenvalue weighted by atomic mass is 10.1. The Kier molecular flexibility index (Phi) is 2.52. The molecule has 4 nitrogen and oxygen atoms in total. The summed E-state index contributed by atoms with van der Waals surface area (Å²) in [5.41, 5.74) is 0.634. The van der Waals surface area contributed by atoms with Crippen LogP contribution in [0.3, 0.4) is 0 Å². The van der Waals surface area contributed by atoms with Gasteiger partial charge in [0.05, 0.1) is 4.90 Å². The minimum absolute atomic E-state index is 0.0934. The van der Waals surface area contributed by atoms with Crippen LogP contribution in [0.2, 0.25) is 0 Å². The molecule has 0 atom stereocenters. The molecule has 0 saturated heterocycles. The van der Waals surface area contributed by atoms with Crippen LogP contribution in [0.25, 0.3) is 0 Å². The van der Waals surface area contributed by atoms with Gasteiger partial charge in [0.15, 0.2) is 11.5 Å². The molecule has 6 heteroatoms. The standard InChI is InChI=1S/C9H9ClO4S/c1-2-6-3-7-8(14-5-13-7)4-9(6)15(10,11)12/h3-4H,2,5H2,1H3. The number of benzene rings is 1. The number of rotatable bonds is 2. The second-order valence-corrected chi connectivity index (χ2v) is 5.64. The molecule has 1 aliphatic rings. The zero-order valence-electron chi connectivity index (χ0n) is 7.99. The Balaban J connectivity index is 2.64. The zero-order chi connectivity index (χ0) is 11.1. The Morgan fingerprint density at radius 2 is 1.93 bits per heavy atom. The van der Waals surface area contributed by atoms with E-state index in [2.05, 4.69) is 0 Å². The highest BCUT2D eigenvalue weighted by Gasteiger charge is 2.22. The first kappa shape index (κ1) is 10.6. The molecule has 0 unspecified atom stereocenters. The Labute approximate surface area is 92.2 Å². The molecule has 0 spiro atoms. The first-order chi connectivity index (χ1) is 7.02. The van der Waals surface area contributed by atoms with Gasteiger partial charge in [-0.2, -0.15) is 0 Å². The smallest absolute Gasteiger partial charge is 0.261 e. The van der Waals surface area contributed by atoms with E-state index < -0.39 is 9.05 Å². The summed E-state index contributed by atoms with van der Waals surface area (Å²) in [6, 6.07) is 3.06. The molecule has 0 radical (unpaired) electrons. The maximum Gasteiger partial charge on any atom is 0.261 e. The number of fused-ring (bicyclic) bond motifs is 1. The molecule has 0 saturated carbocycles. The number of halogens is 1. The van der Waals surface area contributed by atoms with Crippen molar-refractivity contribution in [2.24, 2.45) is 0 Å². The van der Waals surface area contributed by atoms with Gasteiger partial charge in [0.2, 0.25) is 6.79 Å². The van der Waals surface area contributed by atoms with Crippen LogP contribution in [0, 0.1) is 0 Å². The van der Waals surface area contributed by atoms with Crippen molar-refractivity contribution in [3.63, 3.8) is 0 Å². The van der Waals surface area contributed by atoms with Gasteiger partial charge in [-0.05, 0) is 18.1 Å². The molecule has 82 valence electrons. The van der Waals surface area contributed by atoms with Crippen LogP contribution < -0.4 is 9.47 Å². The van der Waals surface area contributed by atoms with Crippen LogP contribution in [-0.2, 0) is 15.5 Å². The predicted molar refractivity (Wildman–Crippen MR) is 55.0 cm³/mol. The third-order valence-corrected chi connectivity index (χ3v) is 3.60. The largest absolute Gasteiger partial charge is 0.454 e. The fourth-order valence-electron chi connectivity index (χ4n) is 1.47. The average molecular weight is 249 g/mol. The SMILES string of the molecule is CCc1cc2c(cc1S(=O)(=O)Cl)OCO2. The first-order valence-corrected chi connectivity index (χ1v) is 6.70. The van der Waals surface area contributed by atoms with E-state index in [4.69, 9.17) is 20.2 Å². The van der Waals surface area contributed by atoms with E-state index in [1.807, 2.05) is 6.92 Å². The monoisotopic (exact) mass is 248 g/mol. The van der Waals surface area contributed by atoms with Gasteiger partial charge in [-0.25, -0.2) is 8.42 Å². The zero-order valence-corrected chi connectivity index (χ0v) is 9.56. The molecule has 0 amide bonds. The van der Waals surface area contributed by atoms with Crippen LogP contribution in [0.1, 0.15) is 12.5 Å². The summed E-state index contributed by atoms with van der Waals surface area (Å²) in [5, 5.41) is 0. The molecule has 0 aliphatic carbocycles. The van der Waals surface area contributed by atoms with Gasteiger partial charge in [0.1, 0.15) is 0 Å². The molecule has 1 heterocycles. The Bertz CT molecular complexity index is 495. The number of hydrogen-bond acceptors (Lipinski definition) is 4. The van der Waals surface area contributed by atoms with Gasteiger partial charge in [-0.15, -0.1) is 0 Å². The lowest BCUT2D eigenvalue weighted by Gasteiger charge is -2.05. The van der Waals surface area contributed by atoms with E-state index >= 15 is 0 Å². The van der Waals surface area contributed by atoms with Crippen molar-refractivity contribution in [3.8, 4) is 11.5 Å². The second kappa shape index (κ2) is 3.57. The number of aryl methyl sites for hydroxylation is 1. The van der Waals surface area contributed by atoms with Crippen molar-refractivity contribution >= 4 is 19.7 Å². The van der Waals surface area contributed by atoms with E-state index in [-0.39, 0.29) is 11.7 Å². The summed E-state index contributed by atoms with van der Waals surface area (Å²) >= 11 is 0. The minimum atomic E-state index is -3.73. The summed E-state index contributed by atoms with van der Waals surface area (Å²) in [5.74, 6) is 0.988. The van der Waals surface area contributed by atoms with Crippen molar-refractivity contribution in [2.45, 2.75) is 18.2 Å². The van der Waals surface area contributed by atoms with E-state index in [1.54, 1.807) is 6.07 Å². The normalized spacial score (nSPS) is 14.3. The summed E-state index contributed by atoms with van der Waals surface area (Å²) in [7, 11) is 1.59. The topological polar surface area (TPSA) is 52.6 Å². The highest BCUT2D eigenvalue weighted by Crippen LogP contribution is 2.37. The van der Waals surface area contributed by atoms with E-state index in [0.29, 0.717) is 23.5 Å². The molecule has 1 aliphatic heterocycles. The van der Waals surface area contributed by atoms with Gasteiger partial charge >= 0.3 is 0 Å². The Morgan fingerprint density at radius 1 is 1.33 bits per heavy atom. The Hall–Kier alpha value is -0.940. The fourth-order valence-corrected chi connectivity index (χ4v) is 2.66. The summed E-state index contributed by atoms with van der Waals surface area (Å²) in [6.07, 6.45) is 0.567. The molecule has 0 N–H and O–H groups in total. The fraction of sp³-hybridized carbons (Fsp3) is 0.333. The van der Waals surface area contributed by atoms with Crippen molar-refractivity contribution < 1.29 is 17.9 Å². The highest BCUT2D eigenvalue weighted by atomic mass is 35.7. The van der Waals surface area contributed by atoms with E-state index in [0.717, 1.165) is 0 Å². The van der Waals surface area contributed by atoms with Crippen molar-refractivity contribution in [3.05, 3.63) is 17.7 Å². The average Bonchev–Trinajstić information content (AvgIpc) is 2.60. The molecule has 0 aromatic heterocycles. The third kappa shape index (κ3) is 1.89. The van der Waals surface area contributed by atoms with E-state index in [9.17, 15) is 8.42 Å². The number of ether oxygens (including phenoxy) is 2. The lowest BCUT2D eigenvalue weighted by molar-refractivity contribution is 0.174. The van der Waals surface area contributed by atoms with Gasteiger partial charge in [-0.3, -0.25) is 0 Å². The van der Waals surface area contributed by atoms with Crippen LogP contribution >= 0.6 is 10.7 Å². The van der Waals surface area contributed by atoms with Crippen molar-refractivity contribution in [2.75, 3.05) is 6.79 Å². The summed E-state index contributed by atoms with van der Waals surface area (Å²) < 4.78 is 32.8. The van der Waals surface area contributed by atoms with Crippen LogP contribution in [0.5, 0.6) is 11.5 Å². The number of hydrogen-bond donors (Lipinski definition) is 0. The van der Waals surface area contributed by atoms with E-state index in [1.165, 1.54) is 6.07 Å². The lowest BCUT2D eigenvalue weighted by Crippen LogP contribution is -1.97. The van der Waals surface area contributed by atoms with Crippen LogP contribution in [0.4, 0.5) is 0 Å². The summed E-state index contributed by atoms with van der Waals surface area (Å²) in [6.45, 7) is 1.97. The van der Waals surface area contributed by atoms with Gasteiger partial charge in [-0.1, -0.05) is 6.92 Å². The predicted octanol–water partition coefficient (Wildman–Crippen LogP) is 1.91. The molecular weight excluding hydrogens is 240 g/mol. The van der Waals surface area contributed by atoms with Crippen LogP contribution in [0.15, 0.2) is 17.0 Å².